The fourth-order valence-corrected chi connectivity index (χ4v) is 2.46. The molecule has 1 aromatic carbocycles. The lowest BCUT2D eigenvalue weighted by atomic mass is 10.0. The van der Waals surface area contributed by atoms with Gasteiger partial charge in [-0.1, -0.05) is 12.1 Å². The first-order valence-electron chi connectivity index (χ1n) is 6.21. The van der Waals surface area contributed by atoms with Crippen LogP contribution in [0.5, 0.6) is 0 Å². The summed E-state index contributed by atoms with van der Waals surface area (Å²) >= 11 is 0. The topological polar surface area (TPSA) is 20.3 Å². The first-order valence-corrected chi connectivity index (χ1v) is 6.21. The van der Waals surface area contributed by atoms with Gasteiger partial charge in [-0.15, -0.1) is 0 Å². The van der Waals surface area contributed by atoms with Crippen molar-refractivity contribution in [2.24, 2.45) is 0 Å². The number of nitrogens with zero attached hydrogens (tertiary/aromatic N) is 1. The predicted molar refractivity (Wildman–Crippen MR) is 67.4 cm³/mol. The molecule has 1 atom stereocenters. The van der Waals surface area contributed by atoms with Crippen molar-refractivity contribution in [1.29, 1.82) is 0 Å². The zero-order chi connectivity index (χ0) is 12.3. The summed E-state index contributed by atoms with van der Waals surface area (Å²) in [7, 11) is 0. The van der Waals surface area contributed by atoms with Gasteiger partial charge in [0.05, 0.1) is 0 Å². The number of hydrogen-bond acceptors (Lipinski definition) is 2. The smallest absolute Gasteiger partial charge is 0.152 e. The number of benzene rings is 1. The van der Waals surface area contributed by atoms with Crippen LogP contribution >= 0.6 is 0 Å². The number of alkyl halides is 1. The van der Waals surface area contributed by atoms with Gasteiger partial charge >= 0.3 is 0 Å². The Bertz CT molecular complexity index is 397. The number of halogens is 1. The molecule has 0 radical (unpaired) electrons. The van der Waals surface area contributed by atoms with Crippen molar-refractivity contribution in [2.45, 2.75) is 32.4 Å². The monoisotopic (exact) mass is 235 g/mol. The minimum absolute atomic E-state index is 0.503. The van der Waals surface area contributed by atoms with Crippen LogP contribution in [-0.4, -0.2) is 19.4 Å². The van der Waals surface area contributed by atoms with E-state index in [1.807, 2.05) is 12.1 Å². The average Bonchev–Trinajstić information content (AvgIpc) is 2.38. The lowest BCUT2D eigenvalue weighted by molar-refractivity contribution is 0.112. The highest BCUT2D eigenvalue weighted by molar-refractivity contribution is 5.87. The van der Waals surface area contributed by atoms with Crippen molar-refractivity contribution in [3.63, 3.8) is 0 Å². The Morgan fingerprint density at radius 3 is 2.59 bits per heavy atom. The average molecular weight is 235 g/mol. The summed E-state index contributed by atoms with van der Waals surface area (Å²) in [5.74, 6) is 0. The molecule has 1 aliphatic heterocycles. The van der Waals surface area contributed by atoms with Crippen LogP contribution in [0.4, 0.5) is 10.1 Å². The van der Waals surface area contributed by atoms with Gasteiger partial charge < -0.3 is 4.90 Å². The molecule has 0 aromatic heterocycles. The van der Waals surface area contributed by atoms with E-state index in [0.29, 0.717) is 11.1 Å². The summed E-state index contributed by atoms with van der Waals surface area (Å²) in [6, 6.07) is 5.45. The van der Waals surface area contributed by atoms with Crippen LogP contribution in [0.2, 0.25) is 0 Å². The SMILES string of the molecule is C[C@@H](F)c1cccc(N2CCCCC2)c1C=O. The molecule has 1 heterocycles. The van der Waals surface area contributed by atoms with Gasteiger partial charge in [0.1, 0.15) is 6.17 Å². The van der Waals surface area contributed by atoms with Crippen molar-refractivity contribution in [3.8, 4) is 0 Å². The molecule has 1 fully saturated rings. The van der Waals surface area contributed by atoms with E-state index in [2.05, 4.69) is 4.90 Å². The van der Waals surface area contributed by atoms with Crippen LogP contribution in [0.3, 0.4) is 0 Å². The number of carbonyl (C=O) groups is 1. The van der Waals surface area contributed by atoms with Crippen LogP contribution in [-0.2, 0) is 0 Å². The molecule has 2 rings (SSSR count). The van der Waals surface area contributed by atoms with Crippen molar-refractivity contribution < 1.29 is 9.18 Å². The Kier molecular flexibility index (Phi) is 3.77. The Hall–Kier alpha value is -1.38. The normalized spacial score (nSPS) is 17.9. The van der Waals surface area contributed by atoms with Gasteiger partial charge in [-0.05, 0) is 37.8 Å². The van der Waals surface area contributed by atoms with Crippen LogP contribution in [0.1, 0.15) is 48.3 Å². The zero-order valence-electron chi connectivity index (χ0n) is 10.2. The van der Waals surface area contributed by atoms with Gasteiger partial charge in [-0.25, -0.2) is 4.39 Å². The van der Waals surface area contributed by atoms with E-state index in [0.717, 1.165) is 37.9 Å². The Morgan fingerprint density at radius 1 is 1.29 bits per heavy atom. The number of rotatable bonds is 3. The summed E-state index contributed by atoms with van der Waals surface area (Å²) in [5, 5.41) is 0. The fraction of sp³-hybridized carbons (Fsp3) is 0.500. The summed E-state index contributed by atoms with van der Waals surface area (Å²) < 4.78 is 13.5. The third kappa shape index (κ3) is 2.48. The minimum Gasteiger partial charge on any atom is -0.371 e. The predicted octanol–water partition coefficient (Wildman–Crippen LogP) is 3.52. The Labute approximate surface area is 101 Å². The molecule has 0 spiro atoms. The second-order valence-electron chi connectivity index (χ2n) is 4.56. The summed E-state index contributed by atoms with van der Waals surface area (Å²) in [4.78, 5) is 13.4. The molecule has 0 unspecified atom stereocenters. The lowest BCUT2D eigenvalue weighted by Crippen LogP contribution is -2.30. The first kappa shape index (κ1) is 12.1. The largest absolute Gasteiger partial charge is 0.371 e. The molecule has 0 amide bonds. The maximum absolute atomic E-state index is 13.5. The number of aldehydes is 1. The van der Waals surface area contributed by atoms with Crippen LogP contribution in [0.15, 0.2) is 18.2 Å². The van der Waals surface area contributed by atoms with Crippen molar-refractivity contribution >= 4 is 12.0 Å². The third-order valence-corrected chi connectivity index (χ3v) is 3.36. The molecular formula is C14H18FNO. The maximum Gasteiger partial charge on any atom is 0.152 e. The molecule has 3 heteroatoms. The molecule has 2 nitrogen and oxygen atoms in total. The molecular weight excluding hydrogens is 217 g/mol. The van der Waals surface area contributed by atoms with E-state index in [9.17, 15) is 9.18 Å². The highest BCUT2D eigenvalue weighted by atomic mass is 19.1. The Balaban J connectivity index is 2.38. The molecule has 0 bridgehead atoms. The molecule has 1 aromatic rings. The second kappa shape index (κ2) is 5.30. The van der Waals surface area contributed by atoms with Crippen molar-refractivity contribution in [3.05, 3.63) is 29.3 Å². The number of carbonyl (C=O) groups excluding carboxylic acids is 1. The summed E-state index contributed by atoms with van der Waals surface area (Å²) in [6.45, 7) is 3.40. The molecule has 17 heavy (non-hydrogen) atoms. The third-order valence-electron chi connectivity index (χ3n) is 3.36. The van der Waals surface area contributed by atoms with Gasteiger partial charge in [-0.3, -0.25) is 4.79 Å². The van der Waals surface area contributed by atoms with Gasteiger partial charge in [-0.2, -0.15) is 0 Å². The highest BCUT2D eigenvalue weighted by Crippen LogP contribution is 2.29. The van der Waals surface area contributed by atoms with Gasteiger partial charge in [0.15, 0.2) is 6.29 Å². The molecule has 0 aliphatic carbocycles. The first-order chi connectivity index (χ1) is 8.24. The fourth-order valence-electron chi connectivity index (χ4n) is 2.46. The molecule has 0 N–H and O–H groups in total. The minimum atomic E-state index is -1.10. The van der Waals surface area contributed by atoms with Gasteiger partial charge in [0, 0.05) is 24.3 Å². The molecule has 92 valence electrons. The van der Waals surface area contributed by atoms with E-state index in [1.165, 1.54) is 13.3 Å². The number of piperidine rings is 1. The van der Waals surface area contributed by atoms with Crippen molar-refractivity contribution in [2.75, 3.05) is 18.0 Å². The van der Waals surface area contributed by atoms with Gasteiger partial charge in [0.25, 0.3) is 0 Å². The maximum atomic E-state index is 13.5. The van der Waals surface area contributed by atoms with Crippen LogP contribution < -0.4 is 4.90 Å². The van der Waals surface area contributed by atoms with E-state index in [4.69, 9.17) is 0 Å². The number of hydrogen-bond donors (Lipinski definition) is 0. The molecule has 1 aliphatic rings. The molecule has 0 saturated carbocycles. The van der Waals surface area contributed by atoms with Crippen LogP contribution in [0, 0.1) is 0 Å². The lowest BCUT2D eigenvalue weighted by Gasteiger charge is -2.30. The summed E-state index contributed by atoms with van der Waals surface area (Å²) in [6.07, 6.45) is 3.23. The Morgan fingerprint density at radius 2 is 2.00 bits per heavy atom. The highest BCUT2D eigenvalue weighted by Gasteiger charge is 2.18. The zero-order valence-corrected chi connectivity index (χ0v) is 10.2. The van der Waals surface area contributed by atoms with E-state index in [1.54, 1.807) is 6.07 Å². The quantitative estimate of drug-likeness (QED) is 0.747. The summed E-state index contributed by atoms with van der Waals surface area (Å²) in [5.41, 5.74) is 1.91. The van der Waals surface area contributed by atoms with E-state index < -0.39 is 6.17 Å². The van der Waals surface area contributed by atoms with E-state index >= 15 is 0 Å². The standard InChI is InChI=1S/C14H18FNO/c1-11(15)12-6-5-7-14(13(12)10-17)16-8-3-2-4-9-16/h5-7,10-11H,2-4,8-9H2,1H3/t11-/m1/s1. The van der Waals surface area contributed by atoms with Gasteiger partial charge in [0.2, 0.25) is 0 Å². The van der Waals surface area contributed by atoms with Crippen molar-refractivity contribution in [1.82, 2.24) is 0 Å². The van der Waals surface area contributed by atoms with E-state index in [-0.39, 0.29) is 0 Å². The second-order valence-corrected chi connectivity index (χ2v) is 4.56. The number of anilines is 1. The van der Waals surface area contributed by atoms with Crippen LogP contribution in [0.25, 0.3) is 0 Å². The molecule has 1 saturated heterocycles.